The van der Waals surface area contributed by atoms with Crippen molar-refractivity contribution in [3.8, 4) is 0 Å². The number of rotatable bonds is 2. The fourth-order valence-corrected chi connectivity index (χ4v) is 4.16. The lowest BCUT2D eigenvalue weighted by Crippen LogP contribution is -2.63. The largest absolute Gasteiger partial charge is 0.338 e. The summed E-state index contributed by atoms with van der Waals surface area (Å²) in [5, 5.41) is 0. The summed E-state index contributed by atoms with van der Waals surface area (Å²) in [6, 6.07) is 0.0483. The second-order valence-corrected chi connectivity index (χ2v) is 6.17. The summed E-state index contributed by atoms with van der Waals surface area (Å²) in [6.07, 6.45) is 8.77. The number of carbonyl (C=O) groups is 2. The number of amides is 2. The molecule has 0 aliphatic carbocycles. The molecule has 0 unspecified atom stereocenters. The summed E-state index contributed by atoms with van der Waals surface area (Å²) in [5.41, 5.74) is 0.173. The van der Waals surface area contributed by atoms with Crippen LogP contribution in [0.1, 0.15) is 49.5 Å². The smallest absolute Gasteiger partial charge is 0.274 e. The van der Waals surface area contributed by atoms with Crippen LogP contribution >= 0.6 is 0 Å². The van der Waals surface area contributed by atoms with E-state index >= 15 is 0 Å². The first-order valence-corrected chi connectivity index (χ1v) is 7.94. The number of hydrogen-bond acceptors (Lipinski definition) is 4. The van der Waals surface area contributed by atoms with E-state index in [4.69, 9.17) is 0 Å². The van der Waals surface area contributed by atoms with E-state index < -0.39 is 0 Å². The maximum atomic E-state index is 12.8. The highest BCUT2D eigenvalue weighted by atomic mass is 16.2. The van der Waals surface area contributed by atoms with Crippen LogP contribution in [0.4, 0.5) is 0 Å². The molecular formula is C16H22N4O2. The number of nitrogens with zero attached hydrogens (tertiary/aromatic N) is 4. The molecule has 0 saturated carbocycles. The van der Waals surface area contributed by atoms with Gasteiger partial charge in [-0.25, -0.2) is 4.98 Å². The Morgan fingerprint density at radius 3 is 2.82 bits per heavy atom. The molecule has 0 aromatic carbocycles. The van der Waals surface area contributed by atoms with Gasteiger partial charge in [-0.05, 0) is 25.7 Å². The summed E-state index contributed by atoms with van der Waals surface area (Å²) in [4.78, 5) is 36.8. The predicted octanol–water partition coefficient (Wildman–Crippen LogP) is 1.48. The van der Waals surface area contributed by atoms with Gasteiger partial charge < -0.3 is 9.80 Å². The minimum Gasteiger partial charge on any atom is -0.338 e. The molecule has 0 bridgehead atoms. The van der Waals surface area contributed by atoms with Crippen LogP contribution in [0.5, 0.6) is 0 Å². The van der Waals surface area contributed by atoms with E-state index in [9.17, 15) is 9.59 Å². The Hall–Kier alpha value is -1.98. The summed E-state index contributed by atoms with van der Waals surface area (Å²) in [6.45, 7) is 2.81. The second kappa shape index (κ2) is 5.66. The highest BCUT2D eigenvalue weighted by Gasteiger charge is 2.52. The van der Waals surface area contributed by atoms with Gasteiger partial charge in [-0.1, -0.05) is 6.92 Å². The van der Waals surface area contributed by atoms with E-state index in [0.29, 0.717) is 12.1 Å². The topological polar surface area (TPSA) is 66.4 Å². The Labute approximate surface area is 130 Å². The second-order valence-electron chi connectivity index (χ2n) is 6.17. The van der Waals surface area contributed by atoms with Crippen molar-refractivity contribution in [1.82, 2.24) is 19.8 Å². The number of likely N-dealkylation sites (N-methyl/N-ethyl adjacent to an activating group) is 1. The molecule has 2 aliphatic heterocycles. The van der Waals surface area contributed by atoms with E-state index in [1.54, 1.807) is 12.4 Å². The van der Waals surface area contributed by atoms with Crippen molar-refractivity contribution >= 4 is 11.8 Å². The van der Waals surface area contributed by atoms with E-state index in [2.05, 4.69) is 16.9 Å². The zero-order chi connectivity index (χ0) is 15.7. The lowest BCUT2D eigenvalue weighted by Gasteiger charge is -2.51. The first-order valence-electron chi connectivity index (χ1n) is 7.94. The molecule has 2 fully saturated rings. The molecular weight excluding hydrogens is 280 g/mol. The molecule has 22 heavy (non-hydrogen) atoms. The van der Waals surface area contributed by atoms with Crippen LogP contribution in [0.25, 0.3) is 0 Å². The SMILES string of the molecule is CC[C@@H]1N(C(=O)c2cnccn2)CCC[C@]12CCC(=O)N2C. The summed E-state index contributed by atoms with van der Waals surface area (Å²) >= 11 is 0. The van der Waals surface area contributed by atoms with Gasteiger partial charge in [0, 0.05) is 32.4 Å². The van der Waals surface area contributed by atoms with Crippen LogP contribution in [-0.2, 0) is 4.79 Å². The van der Waals surface area contributed by atoms with Gasteiger partial charge in [0.05, 0.1) is 17.8 Å². The standard InChI is InChI=1S/C16H22N4O2/c1-3-13-16(7-5-14(21)19(16)2)6-4-10-20(13)15(22)12-11-17-8-9-18-12/h8-9,11,13H,3-7,10H2,1-2H3/t13-,16-/m0/s1. The molecule has 0 N–H and O–H groups in total. The number of aromatic nitrogens is 2. The van der Waals surface area contributed by atoms with Crippen LogP contribution in [0.2, 0.25) is 0 Å². The molecule has 1 aromatic rings. The van der Waals surface area contributed by atoms with Crippen LogP contribution in [0, 0.1) is 0 Å². The molecule has 2 atom stereocenters. The maximum Gasteiger partial charge on any atom is 0.274 e. The Bertz CT molecular complexity index is 577. The molecule has 118 valence electrons. The van der Waals surface area contributed by atoms with Gasteiger partial charge in [-0.3, -0.25) is 14.6 Å². The quantitative estimate of drug-likeness (QED) is 0.830. The molecule has 0 radical (unpaired) electrons. The minimum atomic E-state index is -0.206. The molecule has 1 spiro atoms. The van der Waals surface area contributed by atoms with Crippen LogP contribution < -0.4 is 0 Å². The van der Waals surface area contributed by atoms with E-state index in [1.165, 1.54) is 6.20 Å². The Morgan fingerprint density at radius 1 is 1.41 bits per heavy atom. The van der Waals surface area contributed by atoms with Gasteiger partial charge in [0.15, 0.2) is 0 Å². The van der Waals surface area contributed by atoms with Gasteiger partial charge in [-0.15, -0.1) is 0 Å². The number of hydrogen-bond donors (Lipinski definition) is 0. The number of likely N-dealkylation sites (tertiary alicyclic amines) is 2. The number of carbonyl (C=O) groups excluding carboxylic acids is 2. The molecule has 6 nitrogen and oxygen atoms in total. The highest BCUT2D eigenvalue weighted by molar-refractivity contribution is 5.92. The average molecular weight is 302 g/mol. The summed E-state index contributed by atoms with van der Waals surface area (Å²) < 4.78 is 0. The van der Waals surface area contributed by atoms with Crippen LogP contribution in [0.15, 0.2) is 18.6 Å². The van der Waals surface area contributed by atoms with Crippen molar-refractivity contribution in [2.24, 2.45) is 0 Å². The molecule has 3 heterocycles. The molecule has 3 rings (SSSR count). The fraction of sp³-hybridized carbons (Fsp3) is 0.625. The van der Waals surface area contributed by atoms with E-state index in [-0.39, 0.29) is 23.4 Å². The van der Waals surface area contributed by atoms with Gasteiger partial charge in [0.1, 0.15) is 5.69 Å². The third-order valence-corrected chi connectivity index (χ3v) is 5.25. The Balaban J connectivity index is 1.92. The van der Waals surface area contributed by atoms with Crippen molar-refractivity contribution in [2.75, 3.05) is 13.6 Å². The molecule has 2 amide bonds. The van der Waals surface area contributed by atoms with E-state index in [0.717, 1.165) is 32.2 Å². The van der Waals surface area contributed by atoms with Crippen LogP contribution in [0.3, 0.4) is 0 Å². The van der Waals surface area contributed by atoms with Crippen molar-refractivity contribution < 1.29 is 9.59 Å². The third kappa shape index (κ3) is 2.17. The fourth-order valence-electron chi connectivity index (χ4n) is 4.16. The maximum absolute atomic E-state index is 12.8. The third-order valence-electron chi connectivity index (χ3n) is 5.25. The van der Waals surface area contributed by atoms with Crippen molar-refractivity contribution in [3.63, 3.8) is 0 Å². The van der Waals surface area contributed by atoms with E-state index in [1.807, 2.05) is 16.8 Å². The normalized spacial score (nSPS) is 28.5. The molecule has 6 heteroatoms. The monoisotopic (exact) mass is 302 g/mol. The van der Waals surface area contributed by atoms with Crippen molar-refractivity contribution in [2.45, 2.75) is 50.6 Å². The summed E-state index contributed by atoms with van der Waals surface area (Å²) in [5.74, 6) is 0.110. The predicted molar refractivity (Wildman–Crippen MR) is 81.1 cm³/mol. The average Bonchev–Trinajstić information content (AvgIpc) is 2.84. The first-order chi connectivity index (χ1) is 10.6. The lowest BCUT2D eigenvalue weighted by atomic mass is 9.77. The van der Waals surface area contributed by atoms with Crippen molar-refractivity contribution in [3.05, 3.63) is 24.3 Å². The summed E-state index contributed by atoms with van der Waals surface area (Å²) in [7, 11) is 1.88. The van der Waals surface area contributed by atoms with Gasteiger partial charge in [0.25, 0.3) is 5.91 Å². The van der Waals surface area contributed by atoms with Gasteiger partial charge in [-0.2, -0.15) is 0 Å². The van der Waals surface area contributed by atoms with Gasteiger partial charge in [0.2, 0.25) is 5.91 Å². The Morgan fingerprint density at radius 2 is 2.23 bits per heavy atom. The van der Waals surface area contributed by atoms with Crippen molar-refractivity contribution in [1.29, 1.82) is 0 Å². The molecule has 2 saturated heterocycles. The van der Waals surface area contributed by atoms with Crippen LogP contribution in [-0.4, -0.2) is 56.8 Å². The Kier molecular flexibility index (Phi) is 3.85. The molecule has 1 aromatic heterocycles. The molecule has 2 aliphatic rings. The zero-order valence-electron chi connectivity index (χ0n) is 13.2. The van der Waals surface area contributed by atoms with Gasteiger partial charge >= 0.3 is 0 Å². The first kappa shape index (κ1) is 14.9. The highest BCUT2D eigenvalue weighted by Crippen LogP contribution is 2.42. The minimum absolute atomic E-state index is 0.0483. The lowest BCUT2D eigenvalue weighted by molar-refractivity contribution is -0.132. The zero-order valence-corrected chi connectivity index (χ0v) is 13.2. The number of piperidine rings is 1.